The summed E-state index contributed by atoms with van der Waals surface area (Å²) in [5.74, 6) is 0. The van der Waals surface area contributed by atoms with E-state index < -0.39 is 0 Å². The molecule has 52 valence electrons. The van der Waals surface area contributed by atoms with Gasteiger partial charge in [0.15, 0.2) is 11.7 Å². The number of nitrogens with one attached hydrogen (secondary N) is 1. The number of hydrogen-bond donors (Lipinski definition) is 1. The van der Waals surface area contributed by atoms with Crippen LogP contribution in [-0.4, -0.2) is 11.3 Å². The number of aromatic amines is 1. The van der Waals surface area contributed by atoms with E-state index in [1.165, 1.54) is 12.3 Å². The first-order valence-corrected chi connectivity index (χ1v) is 3.37. The van der Waals surface area contributed by atoms with Gasteiger partial charge in [0.2, 0.25) is 0 Å². The predicted molar refractivity (Wildman–Crippen MR) is 40.2 cm³/mol. The maximum atomic E-state index is 10.8. The average molecular weight is 202 g/mol. The summed E-state index contributed by atoms with van der Waals surface area (Å²) in [5, 5.41) is 0. The second-order valence-electron chi connectivity index (χ2n) is 1.72. The van der Waals surface area contributed by atoms with Crippen molar-refractivity contribution in [2.24, 2.45) is 0 Å². The molecule has 0 radical (unpaired) electrons. The minimum Gasteiger partial charge on any atom is -0.355 e. The summed E-state index contributed by atoms with van der Waals surface area (Å²) in [7, 11) is 0. The highest BCUT2D eigenvalue weighted by Crippen LogP contribution is 1.99. The van der Waals surface area contributed by atoms with Gasteiger partial charge in [-0.15, -0.1) is 0 Å². The standard InChI is InChI=1S/C6H4BrNO2/c7-6-1-5(10)4(3-9)2-8-6/h1-3H,(H,8,10). The zero-order valence-corrected chi connectivity index (χ0v) is 6.51. The van der Waals surface area contributed by atoms with Gasteiger partial charge in [-0.3, -0.25) is 9.59 Å². The van der Waals surface area contributed by atoms with Gasteiger partial charge in [0, 0.05) is 12.3 Å². The Morgan fingerprint density at radius 1 is 1.60 bits per heavy atom. The highest BCUT2D eigenvalue weighted by molar-refractivity contribution is 9.10. The van der Waals surface area contributed by atoms with Crippen molar-refractivity contribution in [3.63, 3.8) is 0 Å². The predicted octanol–water partition coefficient (Wildman–Crippen LogP) is 0.950. The fraction of sp³-hybridized carbons (Fsp3) is 0. The van der Waals surface area contributed by atoms with Crippen molar-refractivity contribution in [3.05, 3.63) is 32.7 Å². The van der Waals surface area contributed by atoms with Gasteiger partial charge in [-0.1, -0.05) is 0 Å². The third-order valence-corrected chi connectivity index (χ3v) is 1.49. The monoisotopic (exact) mass is 201 g/mol. The Labute approximate surface area is 65.2 Å². The Morgan fingerprint density at radius 3 is 2.80 bits per heavy atom. The number of aldehydes is 1. The third-order valence-electron chi connectivity index (χ3n) is 1.03. The molecule has 0 unspecified atom stereocenters. The molecule has 0 aromatic carbocycles. The molecule has 1 heterocycles. The number of carbonyl (C=O) groups excluding carboxylic acids is 1. The zero-order valence-electron chi connectivity index (χ0n) is 4.93. The first kappa shape index (κ1) is 7.21. The Balaban J connectivity index is 3.33. The van der Waals surface area contributed by atoms with Crippen LogP contribution in [0.2, 0.25) is 0 Å². The molecule has 0 aliphatic carbocycles. The highest BCUT2D eigenvalue weighted by atomic mass is 79.9. The lowest BCUT2D eigenvalue weighted by molar-refractivity contribution is 0.112. The van der Waals surface area contributed by atoms with Crippen LogP contribution in [-0.2, 0) is 0 Å². The molecule has 1 aromatic heterocycles. The van der Waals surface area contributed by atoms with Crippen molar-refractivity contribution >= 4 is 22.2 Å². The van der Waals surface area contributed by atoms with Gasteiger partial charge in [-0.2, -0.15) is 0 Å². The zero-order chi connectivity index (χ0) is 7.56. The number of pyridine rings is 1. The van der Waals surface area contributed by atoms with Crippen molar-refractivity contribution in [2.45, 2.75) is 0 Å². The fourth-order valence-corrected chi connectivity index (χ4v) is 0.872. The summed E-state index contributed by atoms with van der Waals surface area (Å²) in [4.78, 5) is 23.6. The van der Waals surface area contributed by atoms with E-state index in [0.717, 1.165) is 0 Å². The summed E-state index contributed by atoms with van der Waals surface area (Å²) in [6.45, 7) is 0. The first-order chi connectivity index (χ1) is 4.74. The van der Waals surface area contributed by atoms with Crippen molar-refractivity contribution in [1.29, 1.82) is 0 Å². The molecule has 0 saturated heterocycles. The summed E-state index contributed by atoms with van der Waals surface area (Å²) >= 11 is 3.05. The molecular formula is C6H4BrNO2. The smallest absolute Gasteiger partial charge is 0.193 e. The van der Waals surface area contributed by atoms with E-state index in [0.29, 0.717) is 10.9 Å². The quantitative estimate of drug-likeness (QED) is 0.544. The van der Waals surface area contributed by atoms with Crippen LogP contribution in [0.5, 0.6) is 0 Å². The van der Waals surface area contributed by atoms with E-state index in [1.807, 2.05) is 0 Å². The number of H-pyrrole nitrogens is 1. The molecule has 0 spiro atoms. The molecule has 10 heavy (non-hydrogen) atoms. The summed E-state index contributed by atoms with van der Waals surface area (Å²) in [6.07, 6.45) is 1.88. The molecule has 0 aliphatic rings. The maximum absolute atomic E-state index is 10.8. The summed E-state index contributed by atoms with van der Waals surface area (Å²) < 4.78 is 0.572. The fourth-order valence-electron chi connectivity index (χ4n) is 0.550. The topological polar surface area (TPSA) is 49.9 Å². The van der Waals surface area contributed by atoms with Crippen LogP contribution in [0.1, 0.15) is 10.4 Å². The van der Waals surface area contributed by atoms with E-state index >= 15 is 0 Å². The largest absolute Gasteiger partial charge is 0.355 e. The Kier molecular flexibility index (Phi) is 2.01. The van der Waals surface area contributed by atoms with Gasteiger partial charge in [-0.05, 0) is 15.9 Å². The van der Waals surface area contributed by atoms with Crippen molar-refractivity contribution in [2.75, 3.05) is 0 Å². The van der Waals surface area contributed by atoms with Crippen LogP contribution in [0.4, 0.5) is 0 Å². The lowest BCUT2D eigenvalue weighted by Gasteiger charge is -1.88. The Hall–Kier alpha value is -0.900. The van der Waals surface area contributed by atoms with Crippen molar-refractivity contribution in [1.82, 2.24) is 4.98 Å². The number of aromatic nitrogens is 1. The van der Waals surface area contributed by atoms with Crippen LogP contribution in [0.25, 0.3) is 0 Å². The van der Waals surface area contributed by atoms with Crippen molar-refractivity contribution < 1.29 is 4.79 Å². The van der Waals surface area contributed by atoms with Gasteiger partial charge < -0.3 is 4.98 Å². The number of hydrogen-bond acceptors (Lipinski definition) is 2. The van der Waals surface area contributed by atoms with Crippen LogP contribution < -0.4 is 5.43 Å². The highest BCUT2D eigenvalue weighted by Gasteiger charge is 1.95. The van der Waals surface area contributed by atoms with Gasteiger partial charge in [0.1, 0.15) is 0 Å². The number of rotatable bonds is 1. The molecule has 0 amide bonds. The second-order valence-corrected chi connectivity index (χ2v) is 2.57. The lowest BCUT2D eigenvalue weighted by atomic mass is 10.3. The van der Waals surface area contributed by atoms with Crippen molar-refractivity contribution in [3.8, 4) is 0 Å². The summed E-state index contributed by atoms with van der Waals surface area (Å²) in [6, 6.07) is 1.31. The molecule has 1 aromatic rings. The molecule has 1 N–H and O–H groups in total. The third kappa shape index (κ3) is 1.33. The van der Waals surface area contributed by atoms with E-state index in [1.54, 1.807) is 0 Å². The summed E-state index contributed by atoms with van der Waals surface area (Å²) in [5.41, 5.74) is -0.135. The van der Waals surface area contributed by atoms with Gasteiger partial charge in [0.25, 0.3) is 0 Å². The van der Waals surface area contributed by atoms with Crippen LogP contribution in [0.15, 0.2) is 21.7 Å². The van der Waals surface area contributed by atoms with E-state index in [-0.39, 0.29) is 11.0 Å². The number of carbonyl (C=O) groups is 1. The molecule has 0 aliphatic heterocycles. The normalized spacial score (nSPS) is 9.30. The molecule has 0 fully saturated rings. The molecule has 0 saturated carbocycles. The van der Waals surface area contributed by atoms with E-state index in [4.69, 9.17) is 0 Å². The average Bonchev–Trinajstić information content (AvgIpc) is 1.88. The second kappa shape index (κ2) is 2.79. The minimum atomic E-state index is -0.277. The number of halogens is 1. The Morgan fingerprint density at radius 2 is 2.30 bits per heavy atom. The first-order valence-electron chi connectivity index (χ1n) is 2.57. The molecule has 0 bridgehead atoms. The van der Waals surface area contributed by atoms with Crippen LogP contribution in [0.3, 0.4) is 0 Å². The molecule has 1 rings (SSSR count). The van der Waals surface area contributed by atoms with Gasteiger partial charge in [0.05, 0.1) is 10.2 Å². The minimum absolute atomic E-state index is 0.142. The Bertz CT molecular complexity index is 305. The van der Waals surface area contributed by atoms with Crippen LogP contribution >= 0.6 is 15.9 Å². The van der Waals surface area contributed by atoms with E-state index in [2.05, 4.69) is 20.9 Å². The molecular weight excluding hydrogens is 198 g/mol. The molecule has 3 nitrogen and oxygen atoms in total. The molecule has 0 atom stereocenters. The van der Waals surface area contributed by atoms with Crippen LogP contribution in [0, 0.1) is 0 Å². The molecule has 4 heteroatoms. The lowest BCUT2D eigenvalue weighted by Crippen LogP contribution is -2.06. The SMILES string of the molecule is O=Cc1c[nH]c(Br)cc1=O. The van der Waals surface area contributed by atoms with Gasteiger partial charge in [-0.25, -0.2) is 0 Å². The maximum Gasteiger partial charge on any atom is 0.193 e. The van der Waals surface area contributed by atoms with E-state index in [9.17, 15) is 9.59 Å². The van der Waals surface area contributed by atoms with Gasteiger partial charge >= 0.3 is 0 Å².